The van der Waals surface area contributed by atoms with Crippen LogP contribution in [0.5, 0.6) is 0 Å². The van der Waals surface area contributed by atoms with E-state index in [-0.39, 0.29) is 0 Å². The molecule has 0 unspecified atom stereocenters. The lowest BCUT2D eigenvalue weighted by molar-refractivity contribution is 0.917. The van der Waals surface area contributed by atoms with Gasteiger partial charge in [-0.05, 0) is 29.8 Å². The molecule has 0 saturated heterocycles. The number of hydrogen-bond acceptors (Lipinski definition) is 5. The molecule has 3 N–H and O–H groups in total. The lowest BCUT2D eigenvalue weighted by Gasteiger charge is -2.06. The fraction of sp³-hybridized carbons (Fsp3) is 0.0833. The molecule has 6 heteroatoms. The molecule has 0 radical (unpaired) electrons. The summed E-state index contributed by atoms with van der Waals surface area (Å²) < 4.78 is 1.63. The van der Waals surface area contributed by atoms with E-state index in [0.29, 0.717) is 6.54 Å². The first-order valence-corrected chi connectivity index (χ1v) is 5.57. The maximum atomic E-state index is 5.72. The molecule has 1 aromatic carbocycles. The van der Waals surface area contributed by atoms with Gasteiger partial charge in [-0.15, -0.1) is 15.3 Å². The van der Waals surface area contributed by atoms with Crippen LogP contribution in [0.4, 0.5) is 11.5 Å². The Hall–Kier alpha value is -2.63. The van der Waals surface area contributed by atoms with Gasteiger partial charge in [-0.1, -0.05) is 12.1 Å². The highest BCUT2D eigenvalue weighted by atomic mass is 15.4. The molecule has 0 atom stereocenters. The minimum absolute atomic E-state index is 0.672. The second-order valence-corrected chi connectivity index (χ2v) is 3.95. The maximum absolute atomic E-state index is 5.72. The first-order valence-electron chi connectivity index (χ1n) is 5.57. The van der Waals surface area contributed by atoms with E-state index in [4.69, 9.17) is 5.73 Å². The van der Waals surface area contributed by atoms with Crippen molar-refractivity contribution in [3.63, 3.8) is 0 Å². The van der Waals surface area contributed by atoms with Gasteiger partial charge in [0.2, 0.25) is 0 Å². The predicted octanol–water partition coefficient (Wildman–Crippen LogP) is 1.32. The second kappa shape index (κ2) is 4.33. The van der Waals surface area contributed by atoms with E-state index in [1.807, 2.05) is 36.4 Å². The van der Waals surface area contributed by atoms with E-state index < -0.39 is 0 Å². The van der Waals surface area contributed by atoms with Gasteiger partial charge in [0.1, 0.15) is 12.1 Å². The molecule has 3 aromatic rings. The quantitative estimate of drug-likeness (QED) is 0.675. The van der Waals surface area contributed by atoms with Gasteiger partial charge in [-0.2, -0.15) is 4.52 Å². The normalized spacial score (nSPS) is 10.7. The molecule has 0 fully saturated rings. The Kier molecular flexibility index (Phi) is 2.53. The Labute approximate surface area is 103 Å². The van der Waals surface area contributed by atoms with Crippen LogP contribution >= 0.6 is 0 Å². The summed E-state index contributed by atoms with van der Waals surface area (Å²) in [5.41, 5.74) is 8.32. The van der Waals surface area contributed by atoms with Gasteiger partial charge in [0.05, 0.1) is 0 Å². The van der Waals surface area contributed by atoms with Crippen molar-refractivity contribution in [2.24, 2.45) is 0 Å². The van der Waals surface area contributed by atoms with Crippen molar-refractivity contribution in [1.29, 1.82) is 0 Å². The van der Waals surface area contributed by atoms with E-state index in [1.54, 1.807) is 10.8 Å². The van der Waals surface area contributed by atoms with Crippen molar-refractivity contribution in [1.82, 2.24) is 19.8 Å². The number of nitrogens with two attached hydrogens (primary N) is 1. The molecule has 0 spiro atoms. The first kappa shape index (κ1) is 10.5. The number of nitrogens with zero attached hydrogens (tertiary/aromatic N) is 4. The number of aromatic nitrogens is 4. The Morgan fingerprint density at radius 2 is 2.17 bits per heavy atom. The molecule has 0 aliphatic rings. The number of fused-ring (bicyclic) bond motifs is 1. The highest BCUT2D eigenvalue weighted by molar-refractivity contribution is 5.45. The van der Waals surface area contributed by atoms with Gasteiger partial charge in [0.15, 0.2) is 5.65 Å². The van der Waals surface area contributed by atoms with Gasteiger partial charge in [0.25, 0.3) is 0 Å². The zero-order valence-electron chi connectivity index (χ0n) is 9.61. The van der Waals surface area contributed by atoms with Crippen molar-refractivity contribution in [2.45, 2.75) is 6.54 Å². The maximum Gasteiger partial charge on any atom is 0.177 e. The average molecular weight is 240 g/mol. The molecule has 0 aliphatic carbocycles. The molecule has 0 bridgehead atoms. The van der Waals surface area contributed by atoms with Gasteiger partial charge < -0.3 is 11.1 Å². The third-order valence-electron chi connectivity index (χ3n) is 2.59. The van der Waals surface area contributed by atoms with E-state index in [1.165, 1.54) is 0 Å². The summed E-state index contributed by atoms with van der Waals surface area (Å²) in [7, 11) is 0. The van der Waals surface area contributed by atoms with Crippen LogP contribution in [0.25, 0.3) is 5.65 Å². The van der Waals surface area contributed by atoms with Crippen molar-refractivity contribution in [3.8, 4) is 0 Å². The third-order valence-corrected chi connectivity index (χ3v) is 2.59. The summed E-state index contributed by atoms with van der Waals surface area (Å²) in [6.45, 7) is 0.672. The molecule has 90 valence electrons. The minimum Gasteiger partial charge on any atom is -0.399 e. The molecule has 18 heavy (non-hydrogen) atoms. The highest BCUT2D eigenvalue weighted by Gasteiger charge is 1.99. The summed E-state index contributed by atoms with van der Waals surface area (Å²) in [6, 6.07) is 11.5. The molecular weight excluding hydrogens is 228 g/mol. The lowest BCUT2D eigenvalue weighted by Crippen LogP contribution is -2.04. The topological polar surface area (TPSA) is 81.1 Å². The van der Waals surface area contributed by atoms with Crippen molar-refractivity contribution in [3.05, 3.63) is 48.3 Å². The molecular formula is C12H12N6. The Morgan fingerprint density at radius 3 is 3.06 bits per heavy atom. The zero-order valence-corrected chi connectivity index (χ0v) is 9.61. The summed E-state index contributed by atoms with van der Waals surface area (Å²) in [5, 5.41) is 15.2. The summed E-state index contributed by atoms with van der Waals surface area (Å²) in [4.78, 5) is 0. The molecule has 2 aromatic heterocycles. The van der Waals surface area contributed by atoms with Crippen molar-refractivity contribution in [2.75, 3.05) is 11.1 Å². The standard InChI is InChI=1S/C12H12N6/c13-10-3-1-2-9(6-10)7-14-11-4-5-12-16-15-8-18(12)17-11/h1-6,8H,7,13H2,(H,14,17). The number of rotatable bonds is 3. The SMILES string of the molecule is Nc1cccc(CNc2ccc3nncn3n2)c1. The van der Waals surface area contributed by atoms with Gasteiger partial charge >= 0.3 is 0 Å². The van der Waals surface area contributed by atoms with Gasteiger partial charge in [-0.25, -0.2) is 0 Å². The average Bonchev–Trinajstić information content (AvgIpc) is 2.84. The Bertz CT molecular complexity index is 675. The number of nitrogens with one attached hydrogen (secondary N) is 1. The molecule has 0 saturated carbocycles. The molecule has 2 heterocycles. The lowest BCUT2D eigenvalue weighted by atomic mass is 10.2. The van der Waals surface area contributed by atoms with Crippen LogP contribution in [-0.4, -0.2) is 19.8 Å². The number of hydrogen-bond donors (Lipinski definition) is 2. The fourth-order valence-corrected chi connectivity index (χ4v) is 1.72. The summed E-state index contributed by atoms with van der Waals surface area (Å²) >= 11 is 0. The minimum atomic E-state index is 0.672. The fourth-order valence-electron chi connectivity index (χ4n) is 1.72. The van der Waals surface area contributed by atoms with Crippen LogP contribution in [0.3, 0.4) is 0 Å². The first-order chi connectivity index (χ1) is 8.81. The van der Waals surface area contributed by atoms with Crippen LogP contribution in [0.2, 0.25) is 0 Å². The predicted molar refractivity (Wildman–Crippen MR) is 69.0 cm³/mol. The smallest absolute Gasteiger partial charge is 0.177 e. The van der Waals surface area contributed by atoms with E-state index in [9.17, 15) is 0 Å². The van der Waals surface area contributed by atoms with Crippen LogP contribution in [-0.2, 0) is 6.54 Å². The zero-order chi connectivity index (χ0) is 12.4. The van der Waals surface area contributed by atoms with Crippen molar-refractivity contribution >= 4 is 17.2 Å². The van der Waals surface area contributed by atoms with Gasteiger partial charge in [-0.3, -0.25) is 0 Å². The second-order valence-electron chi connectivity index (χ2n) is 3.95. The highest BCUT2D eigenvalue weighted by Crippen LogP contribution is 2.10. The largest absolute Gasteiger partial charge is 0.399 e. The van der Waals surface area contributed by atoms with Gasteiger partial charge in [0, 0.05) is 12.2 Å². The van der Waals surface area contributed by atoms with Crippen LogP contribution < -0.4 is 11.1 Å². The monoisotopic (exact) mass is 240 g/mol. The Morgan fingerprint density at radius 1 is 1.22 bits per heavy atom. The third kappa shape index (κ3) is 2.08. The van der Waals surface area contributed by atoms with Crippen LogP contribution in [0.15, 0.2) is 42.7 Å². The molecule has 6 nitrogen and oxygen atoms in total. The van der Waals surface area contributed by atoms with Crippen LogP contribution in [0.1, 0.15) is 5.56 Å². The van der Waals surface area contributed by atoms with E-state index in [0.717, 1.165) is 22.7 Å². The number of anilines is 2. The summed E-state index contributed by atoms with van der Waals surface area (Å²) in [5.74, 6) is 0.768. The Balaban J connectivity index is 1.76. The number of nitrogen functional groups attached to an aromatic ring is 1. The van der Waals surface area contributed by atoms with E-state index >= 15 is 0 Å². The molecule has 0 amide bonds. The molecule has 0 aliphatic heterocycles. The van der Waals surface area contributed by atoms with E-state index in [2.05, 4.69) is 20.6 Å². The van der Waals surface area contributed by atoms with Crippen molar-refractivity contribution < 1.29 is 0 Å². The molecule has 3 rings (SSSR count). The summed E-state index contributed by atoms with van der Waals surface area (Å²) in [6.07, 6.45) is 1.57. The number of benzene rings is 1. The van der Waals surface area contributed by atoms with Crippen LogP contribution in [0, 0.1) is 0 Å².